The van der Waals surface area contributed by atoms with Gasteiger partial charge in [0.25, 0.3) is 0 Å². The molecule has 92 valence electrons. The summed E-state index contributed by atoms with van der Waals surface area (Å²) in [5.41, 5.74) is 12.0. The van der Waals surface area contributed by atoms with Gasteiger partial charge in [-0.05, 0) is 28.7 Å². The van der Waals surface area contributed by atoms with Crippen molar-refractivity contribution in [1.82, 2.24) is 0 Å². The number of hydrogen-bond acceptors (Lipinski definition) is 2. The van der Waals surface area contributed by atoms with Gasteiger partial charge in [-0.25, -0.2) is 0 Å². The molecule has 0 saturated carbocycles. The molecule has 1 aliphatic rings. The van der Waals surface area contributed by atoms with Crippen LogP contribution in [0.4, 0.5) is 0 Å². The Bertz CT molecular complexity index is 705. The predicted molar refractivity (Wildman–Crippen MR) is 76.1 cm³/mol. The fourth-order valence-corrected chi connectivity index (χ4v) is 2.62. The molecule has 0 radical (unpaired) electrons. The smallest absolute Gasteiger partial charge is 0.102 e. The van der Waals surface area contributed by atoms with Gasteiger partial charge in [-0.2, -0.15) is 5.26 Å². The Kier molecular flexibility index (Phi) is 2.81. The van der Waals surface area contributed by atoms with Crippen molar-refractivity contribution in [2.75, 3.05) is 0 Å². The van der Waals surface area contributed by atoms with Crippen LogP contribution in [0.2, 0.25) is 0 Å². The normalized spacial score (nSPS) is 17.6. The number of nitrogens with zero attached hydrogens (tertiary/aromatic N) is 1. The van der Waals surface area contributed by atoms with Crippen LogP contribution in [-0.4, -0.2) is 0 Å². The van der Waals surface area contributed by atoms with Crippen LogP contribution in [-0.2, 0) is 12.8 Å². The summed E-state index contributed by atoms with van der Waals surface area (Å²) in [6.07, 6.45) is 1.50. The minimum Gasteiger partial charge on any atom is -0.401 e. The Morgan fingerprint density at radius 2 is 1.42 bits per heavy atom. The van der Waals surface area contributed by atoms with Crippen molar-refractivity contribution < 1.29 is 0 Å². The summed E-state index contributed by atoms with van der Waals surface area (Å²) in [6, 6.07) is 18.6. The number of fused-ring (bicyclic) bond motifs is 2. The van der Waals surface area contributed by atoms with Gasteiger partial charge in [0.2, 0.25) is 0 Å². The molecule has 2 heteroatoms. The molecule has 19 heavy (non-hydrogen) atoms. The number of rotatable bonds is 0. The summed E-state index contributed by atoms with van der Waals surface area (Å²) in [4.78, 5) is 0. The van der Waals surface area contributed by atoms with Gasteiger partial charge in [0.1, 0.15) is 6.07 Å². The van der Waals surface area contributed by atoms with E-state index in [-0.39, 0.29) is 0 Å². The first-order valence-corrected chi connectivity index (χ1v) is 6.33. The summed E-state index contributed by atoms with van der Waals surface area (Å²) in [6.45, 7) is 0. The van der Waals surface area contributed by atoms with E-state index in [1.165, 1.54) is 11.1 Å². The highest BCUT2D eigenvalue weighted by atomic mass is 14.6. The van der Waals surface area contributed by atoms with Crippen LogP contribution in [0.25, 0.3) is 5.57 Å². The Morgan fingerprint density at radius 3 is 2.11 bits per heavy atom. The maximum atomic E-state index is 9.39. The van der Waals surface area contributed by atoms with Crippen LogP contribution in [0, 0.1) is 11.3 Å². The molecule has 0 heterocycles. The Balaban J connectivity index is 2.27. The van der Waals surface area contributed by atoms with E-state index in [4.69, 9.17) is 5.73 Å². The Morgan fingerprint density at radius 1 is 0.842 bits per heavy atom. The molecule has 0 saturated heterocycles. The highest BCUT2D eigenvalue weighted by Gasteiger charge is 2.16. The molecule has 0 unspecified atom stereocenters. The number of nitriles is 1. The summed E-state index contributed by atoms with van der Waals surface area (Å²) in [5, 5.41) is 9.39. The molecule has 2 N–H and O–H groups in total. The molecule has 0 bridgehead atoms. The second-order valence-corrected chi connectivity index (χ2v) is 4.79. The lowest BCUT2D eigenvalue weighted by Crippen LogP contribution is -2.11. The van der Waals surface area contributed by atoms with E-state index in [9.17, 15) is 5.26 Å². The molecule has 2 aromatic rings. The standard InChI is InChI=1S/C17H14N2/c18-11-16-15-8-4-3-7-14(15)9-12-5-1-2-6-13(12)10-17(16)19/h1-8H,9-10,19H2/b17-16+. The van der Waals surface area contributed by atoms with Crippen LogP contribution < -0.4 is 5.73 Å². The van der Waals surface area contributed by atoms with E-state index < -0.39 is 0 Å². The number of allylic oxidation sites excluding steroid dienone is 2. The first-order valence-electron chi connectivity index (χ1n) is 6.33. The molecular formula is C17H14N2. The van der Waals surface area contributed by atoms with Gasteiger partial charge in [0.05, 0.1) is 5.57 Å². The summed E-state index contributed by atoms with van der Waals surface area (Å²) >= 11 is 0. The lowest BCUT2D eigenvalue weighted by molar-refractivity contribution is 1.04. The molecule has 2 aromatic carbocycles. The largest absolute Gasteiger partial charge is 0.401 e. The maximum absolute atomic E-state index is 9.39. The lowest BCUT2D eigenvalue weighted by Gasteiger charge is -2.17. The summed E-state index contributed by atoms with van der Waals surface area (Å²) in [7, 11) is 0. The van der Waals surface area contributed by atoms with Gasteiger partial charge in [-0.1, -0.05) is 48.5 Å². The van der Waals surface area contributed by atoms with Gasteiger partial charge in [0, 0.05) is 12.1 Å². The molecule has 3 rings (SSSR count). The highest BCUT2D eigenvalue weighted by Crippen LogP contribution is 2.28. The van der Waals surface area contributed by atoms with E-state index in [0.29, 0.717) is 17.7 Å². The molecule has 0 fully saturated rings. The van der Waals surface area contributed by atoms with Crippen molar-refractivity contribution in [1.29, 1.82) is 5.26 Å². The molecule has 0 aromatic heterocycles. The monoisotopic (exact) mass is 246 g/mol. The molecule has 2 nitrogen and oxygen atoms in total. The van der Waals surface area contributed by atoms with Gasteiger partial charge in [0.15, 0.2) is 0 Å². The maximum Gasteiger partial charge on any atom is 0.102 e. The fraction of sp³-hybridized carbons (Fsp3) is 0.118. The van der Waals surface area contributed by atoms with E-state index in [1.54, 1.807) is 0 Å². The van der Waals surface area contributed by atoms with Crippen molar-refractivity contribution in [3.05, 3.63) is 76.5 Å². The van der Waals surface area contributed by atoms with Gasteiger partial charge < -0.3 is 5.73 Å². The molecule has 0 spiro atoms. The highest BCUT2D eigenvalue weighted by molar-refractivity contribution is 5.81. The summed E-state index contributed by atoms with van der Waals surface area (Å²) < 4.78 is 0. The Hall–Kier alpha value is -2.53. The first-order chi connectivity index (χ1) is 9.29. The lowest BCUT2D eigenvalue weighted by atomic mass is 9.87. The van der Waals surface area contributed by atoms with Crippen molar-refractivity contribution >= 4 is 5.57 Å². The van der Waals surface area contributed by atoms with Crippen LogP contribution in [0.1, 0.15) is 22.3 Å². The third-order valence-electron chi connectivity index (χ3n) is 3.60. The molecule has 1 aliphatic carbocycles. The zero-order chi connectivity index (χ0) is 13.2. The number of hydrogen-bond donors (Lipinski definition) is 1. The zero-order valence-corrected chi connectivity index (χ0v) is 10.6. The van der Waals surface area contributed by atoms with Crippen LogP contribution in [0.3, 0.4) is 0 Å². The van der Waals surface area contributed by atoms with E-state index in [0.717, 1.165) is 17.5 Å². The average molecular weight is 246 g/mol. The van der Waals surface area contributed by atoms with E-state index in [2.05, 4.69) is 24.3 Å². The Labute approximate surface area is 112 Å². The van der Waals surface area contributed by atoms with Crippen LogP contribution in [0.15, 0.2) is 54.2 Å². The quantitative estimate of drug-likeness (QED) is 0.776. The zero-order valence-electron chi connectivity index (χ0n) is 10.6. The van der Waals surface area contributed by atoms with E-state index in [1.807, 2.05) is 30.3 Å². The molecule has 0 amide bonds. The van der Waals surface area contributed by atoms with Crippen molar-refractivity contribution in [2.24, 2.45) is 5.73 Å². The summed E-state index contributed by atoms with van der Waals surface area (Å²) in [5.74, 6) is 0. The van der Waals surface area contributed by atoms with Crippen LogP contribution >= 0.6 is 0 Å². The minimum absolute atomic E-state index is 0.616. The van der Waals surface area contributed by atoms with E-state index >= 15 is 0 Å². The van der Waals surface area contributed by atoms with Crippen molar-refractivity contribution in [3.8, 4) is 6.07 Å². The SMILES string of the molecule is N#C/C1=C(\N)Cc2ccccc2Cc2ccccc21. The second kappa shape index (κ2) is 4.62. The third kappa shape index (κ3) is 2.00. The molecule has 0 atom stereocenters. The second-order valence-electron chi connectivity index (χ2n) is 4.79. The molecular weight excluding hydrogens is 232 g/mol. The third-order valence-corrected chi connectivity index (χ3v) is 3.60. The average Bonchev–Trinajstić information content (AvgIpc) is 2.42. The van der Waals surface area contributed by atoms with Gasteiger partial charge in [-0.15, -0.1) is 0 Å². The van der Waals surface area contributed by atoms with Gasteiger partial charge >= 0.3 is 0 Å². The first kappa shape index (κ1) is 11.6. The van der Waals surface area contributed by atoms with Crippen molar-refractivity contribution in [3.63, 3.8) is 0 Å². The minimum atomic E-state index is 0.616. The number of nitrogens with two attached hydrogens (primary N) is 1. The predicted octanol–water partition coefficient (Wildman–Crippen LogP) is 3.03. The number of benzene rings is 2. The topological polar surface area (TPSA) is 49.8 Å². The fourth-order valence-electron chi connectivity index (χ4n) is 2.62. The molecule has 0 aliphatic heterocycles. The van der Waals surface area contributed by atoms with Crippen molar-refractivity contribution in [2.45, 2.75) is 12.8 Å². The van der Waals surface area contributed by atoms with Gasteiger partial charge in [-0.3, -0.25) is 0 Å². The van der Waals surface area contributed by atoms with Crippen LogP contribution in [0.5, 0.6) is 0 Å².